The van der Waals surface area contributed by atoms with Crippen molar-refractivity contribution in [2.75, 3.05) is 0 Å². The monoisotopic (exact) mass is 346 g/mol. The molecule has 0 amide bonds. The van der Waals surface area contributed by atoms with Crippen LogP contribution in [0.15, 0.2) is 53.0 Å². The van der Waals surface area contributed by atoms with Crippen LogP contribution in [0, 0.1) is 0 Å². The van der Waals surface area contributed by atoms with E-state index in [1.165, 1.54) is 11.1 Å². The molecule has 0 saturated carbocycles. The Hall–Kier alpha value is -1.12. The van der Waals surface area contributed by atoms with Gasteiger partial charge in [0.15, 0.2) is 0 Å². The number of benzene rings is 2. The zero-order valence-corrected chi connectivity index (χ0v) is 14.5. The Morgan fingerprint density at radius 3 is 2.14 bits per heavy atom. The quantitative estimate of drug-likeness (QED) is 0.835. The highest BCUT2D eigenvalue weighted by Crippen LogP contribution is 2.23. The highest BCUT2D eigenvalue weighted by molar-refractivity contribution is 9.10. The van der Waals surface area contributed by atoms with Gasteiger partial charge in [-0.15, -0.1) is 0 Å². The van der Waals surface area contributed by atoms with Crippen LogP contribution in [0.3, 0.4) is 0 Å². The fourth-order valence-electron chi connectivity index (χ4n) is 2.40. The summed E-state index contributed by atoms with van der Waals surface area (Å²) >= 11 is 3.53. The van der Waals surface area contributed by atoms with Gasteiger partial charge in [0, 0.05) is 4.47 Å². The first-order chi connectivity index (χ1) is 9.86. The van der Waals surface area contributed by atoms with Crippen LogP contribution in [-0.4, -0.2) is 11.2 Å². The molecule has 0 heterocycles. The summed E-state index contributed by atoms with van der Waals surface area (Å²) in [4.78, 5) is 0. The summed E-state index contributed by atoms with van der Waals surface area (Å²) in [5.74, 6) is 0. The van der Waals surface area contributed by atoms with Gasteiger partial charge >= 0.3 is 0 Å². The molecule has 0 radical (unpaired) electrons. The van der Waals surface area contributed by atoms with E-state index in [1.807, 2.05) is 18.2 Å². The van der Waals surface area contributed by atoms with Crippen molar-refractivity contribution in [1.82, 2.24) is 0 Å². The van der Waals surface area contributed by atoms with Gasteiger partial charge in [0.25, 0.3) is 0 Å². The lowest BCUT2D eigenvalue weighted by molar-refractivity contribution is 0.175. The second-order valence-corrected chi connectivity index (χ2v) is 7.45. The standard InChI is InChI=1S/C19H23BrO/c1-19(2,3)16-10-8-14(9-11-16)12-17(21)13-15-6-4-5-7-18(15)20/h4-11,17,21H,12-13H2,1-3H3. The van der Waals surface area contributed by atoms with Gasteiger partial charge in [0.2, 0.25) is 0 Å². The molecule has 2 aromatic rings. The van der Waals surface area contributed by atoms with E-state index in [0.717, 1.165) is 10.0 Å². The second kappa shape index (κ2) is 6.76. The molecular weight excluding hydrogens is 324 g/mol. The Balaban J connectivity index is 2.00. The zero-order valence-electron chi connectivity index (χ0n) is 12.9. The first kappa shape index (κ1) is 16.3. The number of rotatable bonds is 4. The smallest absolute Gasteiger partial charge is 0.0621 e. The molecule has 0 saturated heterocycles. The van der Waals surface area contributed by atoms with E-state index in [1.54, 1.807) is 0 Å². The van der Waals surface area contributed by atoms with Crippen molar-refractivity contribution < 1.29 is 5.11 Å². The van der Waals surface area contributed by atoms with E-state index in [-0.39, 0.29) is 11.5 Å². The van der Waals surface area contributed by atoms with Crippen molar-refractivity contribution in [3.05, 3.63) is 69.7 Å². The third-order valence-electron chi connectivity index (χ3n) is 3.70. The number of hydrogen-bond donors (Lipinski definition) is 1. The first-order valence-corrected chi connectivity index (χ1v) is 8.16. The molecule has 0 aliphatic carbocycles. The molecule has 1 nitrogen and oxygen atoms in total. The van der Waals surface area contributed by atoms with E-state index in [4.69, 9.17) is 0 Å². The fraction of sp³-hybridized carbons (Fsp3) is 0.368. The fourth-order valence-corrected chi connectivity index (χ4v) is 2.85. The third kappa shape index (κ3) is 4.69. The molecule has 0 fully saturated rings. The highest BCUT2D eigenvalue weighted by atomic mass is 79.9. The predicted molar refractivity (Wildman–Crippen MR) is 92.7 cm³/mol. The van der Waals surface area contributed by atoms with E-state index < -0.39 is 0 Å². The van der Waals surface area contributed by atoms with Crippen molar-refractivity contribution in [2.45, 2.75) is 45.1 Å². The lowest BCUT2D eigenvalue weighted by atomic mass is 9.86. The summed E-state index contributed by atoms with van der Waals surface area (Å²) in [5.41, 5.74) is 3.83. The molecule has 1 atom stereocenters. The lowest BCUT2D eigenvalue weighted by Crippen LogP contribution is -2.15. The Labute approximate surface area is 136 Å². The van der Waals surface area contributed by atoms with E-state index in [9.17, 15) is 5.11 Å². The molecule has 2 heteroatoms. The summed E-state index contributed by atoms with van der Waals surface area (Å²) < 4.78 is 1.06. The predicted octanol–water partition coefficient (Wildman–Crippen LogP) is 4.89. The number of hydrogen-bond acceptors (Lipinski definition) is 1. The lowest BCUT2D eigenvalue weighted by Gasteiger charge is -2.19. The van der Waals surface area contributed by atoms with Gasteiger partial charge in [0.1, 0.15) is 0 Å². The van der Waals surface area contributed by atoms with Crippen LogP contribution in [0.4, 0.5) is 0 Å². The molecular formula is C19H23BrO. The molecule has 0 spiro atoms. The minimum Gasteiger partial charge on any atom is -0.392 e. The van der Waals surface area contributed by atoms with Crippen molar-refractivity contribution in [2.24, 2.45) is 0 Å². The minimum absolute atomic E-state index is 0.173. The summed E-state index contributed by atoms with van der Waals surface area (Å²) in [6.45, 7) is 6.64. The van der Waals surface area contributed by atoms with Crippen LogP contribution in [0.5, 0.6) is 0 Å². The summed E-state index contributed by atoms with van der Waals surface area (Å²) in [6, 6.07) is 16.7. The van der Waals surface area contributed by atoms with Crippen molar-refractivity contribution >= 4 is 15.9 Å². The summed E-state index contributed by atoms with van der Waals surface area (Å²) in [6.07, 6.45) is 0.998. The van der Waals surface area contributed by atoms with E-state index in [2.05, 4.69) is 67.0 Å². The highest BCUT2D eigenvalue weighted by Gasteiger charge is 2.14. The Kier molecular flexibility index (Phi) is 5.23. The average Bonchev–Trinajstić information content (AvgIpc) is 2.41. The van der Waals surface area contributed by atoms with E-state index >= 15 is 0 Å². The molecule has 1 unspecified atom stereocenters. The Morgan fingerprint density at radius 2 is 1.57 bits per heavy atom. The van der Waals surface area contributed by atoms with Gasteiger partial charge < -0.3 is 5.11 Å². The largest absolute Gasteiger partial charge is 0.392 e. The zero-order chi connectivity index (χ0) is 15.5. The molecule has 0 aliphatic rings. The topological polar surface area (TPSA) is 20.2 Å². The van der Waals surface area contributed by atoms with Gasteiger partial charge in [0.05, 0.1) is 6.10 Å². The summed E-state index contributed by atoms with van der Waals surface area (Å²) in [7, 11) is 0. The van der Waals surface area contributed by atoms with Crippen molar-refractivity contribution in [3.8, 4) is 0 Å². The number of aliphatic hydroxyl groups excluding tert-OH is 1. The van der Waals surface area contributed by atoms with Crippen molar-refractivity contribution in [1.29, 1.82) is 0 Å². The SMILES string of the molecule is CC(C)(C)c1ccc(CC(O)Cc2ccccc2Br)cc1. The molecule has 1 N–H and O–H groups in total. The Bertz CT molecular complexity index is 581. The van der Waals surface area contributed by atoms with Gasteiger partial charge in [-0.2, -0.15) is 0 Å². The van der Waals surface area contributed by atoms with Gasteiger partial charge in [-0.3, -0.25) is 0 Å². The molecule has 21 heavy (non-hydrogen) atoms. The van der Waals surface area contributed by atoms with Crippen LogP contribution < -0.4 is 0 Å². The van der Waals surface area contributed by atoms with Gasteiger partial charge in [-0.1, -0.05) is 79.2 Å². The maximum atomic E-state index is 10.3. The van der Waals surface area contributed by atoms with Crippen LogP contribution in [0.25, 0.3) is 0 Å². The maximum absolute atomic E-state index is 10.3. The average molecular weight is 347 g/mol. The van der Waals surface area contributed by atoms with Crippen molar-refractivity contribution in [3.63, 3.8) is 0 Å². The summed E-state index contributed by atoms with van der Waals surface area (Å²) in [5, 5.41) is 10.3. The minimum atomic E-state index is -0.357. The molecule has 2 rings (SSSR count). The number of aliphatic hydroxyl groups is 1. The maximum Gasteiger partial charge on any atom is 0.0621 e. The van der Waals surface area contributed by atoms with Crippen LogP contribution >= 0.6 is 15.9 Å². The molecule has 112 valence electrons. The normalized spacial score (nSPS) is 13.2. The van der Waals surface area contributed by atoms with Gasteiger partial charge in [-0.05, 0) is 41.0 Å². The van der Waals surface area contributed by atoms with Crippen LogP contribution in [0.1, 0.15) is 37.5 Å². The third-order valence-corrected chi connectivity index (χ3v) is 4.48. The second-order valence-electron chi connectivity index (χ2n) is 6.60. The Morgan fingerprint density at radius 1 is 0.952 bits per heavy atom. The molecule has 0 bridgehead atoms. The van der Waals surface area contributed by atoms with Crippen LogP contribution in [0.2, 0.25) is 0 Å². The van der Waals surface area contributed by atoms with Gasteiger partial charge in [-0.25, -0.2) is 0 Å². The first-order valence-electron chi connectivity index (χ1n) is 7.37. The molecule has 0 aromatic heterocycles. The molecule has 2 aromatic carbocycles. The van der Waals surface area contributed by atoms with Crippen LogP contribution in [-0.2, 0) is 18.3 Å². The number of halogens is 1. The van der Waals surface area contributed by atoms with E-state index in [0.29, 0.717) is 12.8 Å². The molecule has 0 aliphatic heterocycles.